The number of nitrogens with two attached hydrogens (primary N) is 1. The molecule has 0 bridgehead atoms. The average molecular weight is 329 g/mol. The molecule has 2 N–H and O–H groups in total. The zero-order chi connectivity index (χ0) is 14.5. The zero-order valence-corrected chi connectivity index (χ0v) is 14.1. The molecule has 5 nitrogen and oxygen atoms in total. The fourth-order valence-corrected chi connectivity index (χ4v) is 2.56. The maximum atomic E-state index is 5.81. The second-order valence-corrected chi connectivity index (χ2v) is 5.62. The van der Waals surface area contributed by atoms with E-state index in [1.165, 1.54) is 11.1 Å². The maximum absolute atomic E-state index is 5.81. The molecule has 1 aromatic carbocycles. The van der Waals surface area contributed by atoms with Gasteiger partial charge in [0, 0.05) is 12.8 Å². The van der Waals surface area contributed by atoms with Crippen LogP contribution in [0.3, 0.4) is 0 Å². The van der Waals surface area contributed by atoms with Gasteiger partial charge in [0.15, 0.2) is 5.16 Å². The third-order valence-electron chi connectivity index (χ3n) is 3.23. The van der Waals surface area contributed by atoms with Gasteiger partial charge in [-0.25, -0.2) is 0 Å². The molecule has 7 heteroatoms. The SMILES string of the molecule is Cc1cccc(OCCSc2nnc(CN)n2C)c1C.Cl. The van der Waals surface area contributed by atoms with Crippen LogP contribution in [0, 0.1) is 13.8 Å². The molecule has 0 aliphatic rings. The highest BCUT2D eigenvalue weighted by molar-refractivity contribution is 7.99. The van der Waals surface area contributed by atoms with Gasteiger partial charge in [0.05, 0.1) is 13.2 Å². The van der Waals surface area contributed by atoms with E-state index < -0.39 is 0 Å². The van der Waals surface area contributed by atoms with Crippen molar-refractivity contribution >= 4 is 24.2 Å². The van der Waals surface area contributed by atoms with Gasteiger partial charge >= 0.3 is 0 Å². The molecule has 0 fully saturated rings. The van der Waals surface area contributed by atoms with Gasteiger partial charge < -0.3 is 15.0 Å². The molecule has 0 spiro atoms. The fourth-order valence-electron chi connectivity index (χ4n) is 1.81. The number of hydrogen-bond donors (Lipinski definition) is 1. The van der Waals surface area contributed by atoms with Gasteiger partial charge in [-0.3, -0.25) is 0 Å². The Balaban J connectivity index is 0.00000220. The Morgan fingerprint density at radius 2 is 2.05 bits per heavy atom. The maximum Gasteiger partial charge on any atom is 0.191 e. The first-order valence-corrected chi connectivity index (χ1v) is 7.52. The Bertz CT molecular complexity index is 588. The van der Waals surface area contributed by atoms with Crippen molar-refractivity contribution in [2.24, 2.45) is 12.8 Å². The lowest BCUT2D eigenvalue weighted by Crippen LogP contribution is -2.06. The molecule has 0 atom stereocenters. The third kappa shape index (κ3) is 4.36. The molecule has 0 saturated heterocycles. The average Bonchev–Trinajstić information content (AvgIpc) is 2.80. The van der Waals surface area contributed by atoms with Crippen LogP contribution in [0.1, 0.15) is 17.0 Å². The number of ether oxygens (including phenoxy) is 1. The van der Waals surface area contributed by atoms with Crippen LogP contribution >= 0.6 is 24.2 Å². The van der Waals surface area contributed by atoms with Crippen molar-refractivity contribution in [3.8, 4) is 5.75 Å². The van der Waals surface area contributed by atoms with Crippen molar-refractivity contribution in [1.82, 2.24) is 14.8 Å². The molecule has 0 aliphatic carbocycles. The number of thioether (sulfide) groups is 1. The van der Waals surface area contributed by atoms with Crippen molar-refractivity contribution in [3.63, 3.8) is 0 Å². The van der Waals surface area contributed by atoms with Gasteiger partial charge in [-0.2, -0.15) is 0 Å². The quantitative estimate of drug-likeness (QED) is 0.652. The standard InChI is InChI=1S/C14H20N4OS.ClH/c1-10-5-4-6-12(11(10)2)19-7-8-20-14-17-16-13(9-15)18(14)3;/h4-6H,7-9,15H2,1-3H3;1H. The van der Waals surface area contributed by atoms with Crippen molar-refractivity contribution in [3.05, 3.63) is 35.2 Å². The second-order valence-electron chi connectivity index (χ2n) is 4.56. The van der Waals surface area contributed by atoms with Gasteiger partial charge in [0.2, 0.25) is 0 Å². The van der Waals surface area contributed by atoms with Crippen LogP contribution in [-0.4, -0.2) is 27.1 Å². The molecule has 1 aromatic heterocycles. The summed E-state index contributed by atoms with van der Waals surface area (Å²) in [5.41, 5.74) is 8.01. The molecule has 0 radical (unpaired) electrons. The van der Waals surface area contributed by atoms with E-state index in [1.54, 1.807) is 11.8 Å². The van der Waals surface area contributed by atoms with E-state index in [0.717, 1.165) is 22.5 Å². The van der Waals surface area contributed by atoms with Crippen LogP contribution in [0.15, 0.2) is 23.4 Å². The largest absolute Gasteiger partial charge is 0.492 e. The van der Waals surface area contributed by atoms with E-state index in [9.17, 15) is 0 Å². The molecule has 2 aromatic rings. The molecule has 21 heavy (non-hydrogen) atoms. The van der Waals surface area contributed by atoms with Gasteiger partial charge in [0.25, 0.3) is 0 Å². The molecule has 0 saturated carbocycles. The molecular weight excluding hydrogens is 308 g/mol. The third-order valence-corrected chi connectivity index (χ3v) is 4.22. The van der Waals surface area contributed by atoms with Crippen LogP contribution < -0.4 is 10.5 Å². The number of aryl methyl sites for hydroxylation is 1. The van der Waals surface area contributed by atoms with Gasteiger partial charge in [-0.1, -0.05) is 23.9 Å². The van der Waals surface area contributed by atoms with Crippen molar-refractivity contribution in [2.45, 2.75) is 25.5 Å². The highest BCUT2D eigenvalue weighted by Crippen LogP contribution is 2.21. The van der Waals surface area contributed by atoms with Gasteiger partial charge in [0.1, 0.15) is 11.6 Å². The first-order chi connectivity index (χ1) is 9.63. The minimum atomic E-state index is 0. The smallest absolute Gasteiger partial charge is 0.191 e. The number of hydrogen-bond acceptors (Lipinski definition) is 5. The molecule has 0 aliphatic heterocycles. The second kappa shape index (κ2) is 8.26. The molecule has 0 unspecified atom stereocenters. The molecule has 2 rings (SSSR count). The Labute approximate surface area is 135 Å². The summed E-state index contributed by atoms with van der Waals surface area (Å²) < 4.78 is 7.73. The summed E-state index contributed by atoms with van der Waals surface area (Å²) in [5, 5.41) is 9.00. The summed E-state index contributed by atoms with van der Waals surface area (Å²) in [4.78, 5) is 0. The Kier molecular flexibility index (Phi) is 7.01. The van der Waals surface area contributed by atoms with E-state index in [2.05, 4.69) is 30.1 Å². The zero-order valence-electron chi connectivity index (χ0n) is 12.5. The summed E-state index contributed by atoms with van der Waals surface area (Å²) in [6.07, 6.45) is 0. The normalized spacial score (nSPS) is 10.3. The predicted octanol–water partition coefficient (Wildman–Crippen LogP) is 2.48. The van der Waals surface area contributed by atoms with Crippen molar-refractivity contribution < 1.29 is 4.74 Å². The van der Waals surface area contributed by atoms with Crippen LogP contribution in [0.4, 0.5) is 0 Å². The van der Waals surface area contributed by atoms with Crippen molar-refractivity contribution in [1.29, 1.82) is 0 Å². The van der Waals surface area contributed by atoms with Crippen LogP contribution in [0.5, 0.6) is 5.75 Å². The molecular formula is C14H21ClN4OS. The predicted molar refractivity (Wildman–Crippen MR) is 88.3 cm³/mol. The number of rotatable bonds is 6. The molecule has 1 heterocycles. The lowest BCUT2D eigenvalue weighted by molar-refractivity contribution is 0.341. The Hall–Kier alpha value is -1.24. The molecule has 116 valence electrons. The summed E-state index contributed by atoms with van der Waals surface area (Å²) in [6, 6.07) is 6.10. The lowest BCUT2D eigenvalue weighted by atomic mass is 10.1. The van der Waals surface area contributed by atoms with E-state index in [-0.39, 0.29) is 12.4 Å². The van der Waals surface area contributed by atoms with E-state index in [0.29, 0.717) is 13.2 Å². The highest BCUT2D eigenvalue weighted by atomic mass is 35.5. The number of aromatic nitrogens is 3. The van der Waals surface area contributed by atoms with Crippen LogP contribution in [0.25, 0.3) is 0 Å². The Morgan fingerprint density at radius 1 is 1.29 bits per heavy atom. The summed E-state index contributed by atoms with van der Waals surface area (Å²) in [7, 11) is 1.93. The van der Waals surface area contributed by atoms with E-state index >= 15 is 0 Å². The lowest BCUT2D eigenvalue weighted by Gasteiger charge is -2.10. The minimum absolute atomic E-state index is 0. The number of nitrogens with zero attached hydrogens (tertiary/aromatic N) is 3. The van der Waals surface area contributed by atoms with E-state index in [4.69, 9.17) is 10.5 Å². The first-order valence-electron chi connectivity index (χ1n) is 6.53. The minimum Gasteiger partial charge on any atom is -0.492 e. The van der Waals surface area contributed by atoms with Gasteiger partial charge in [-0.05, 0) is 31.0 Å². The van der Waals surface area contributed by atoms with Crippen LogP contribution in [0.2, 0.25) is 0 Å². The fraction of sp³-hybridized carbons (Fsp3) is 0.429. The van der Waals surface area contributed by atoms with Gasteiger partial charge in [-0.15, -0.1) is 22.6 Å². The van der Waals surface area contributed by atoms with Crippen LogP contribution in [-0.2, 0) is 13.6 Å². The summed E-state index contributed by atoms with van der Waals surface area (Å²) >= 11 is 1.62. The van der Waals surface area contributed by atoms with Crippen molar-refractivity contribution in [2.75, 3.05) is 12.4 Å². The summed E-state index contributed by atoms with van der Waals surface area (Å²) in [5.74, 6) is 2.57. The topological polar surface area (TPSA) is 66.0 Å². The Morgan fingerprint density at radius 3 is 2.71 bits per heavy atom. The summed E-state index contributed by atoms with van der Waals surface area (Å²) in [6.45, 7) is 5.21. The number of halogens is 1. The molecule has 0 amide bonds. The monoisotopic (exact) mass is 328 g/mol. The van der Waals surface area contributed by atoms with E-state index in [1.807, 2.05) is 23.7 Å². The number of benzene rings is 1. The highest BCUT2D eigenvalue weighted by Gasteiger charge is 2.07. The first kappa shape index (κ1) is 17.8.